The van der Waals surface area contributed by atoms with E-state index in [0.29, 0.717) is 12.4 Å². The second-order valence-electron chi connectivity index (χ2n) is 4.73. The van der Waals surface area contributed by atoms with Crippen LogP contribution in [0.1, 0.15) is 20.8 Å². The highest BCUT2D eigenvalue weighted by Crippen LogP contribution is 2.25. The van der Waals surface area contributed by atoms with Gasteiger partial charge in [-0.1, -0.05) is 29.8 Å². The summed E-state index contributed by atoms with van der Waals surface area (Å²) in [5.41, 5.74) is 0. The first-order valence-electron chi connectivity index (χ1n) is 6.29. The molecule has 0 saturated carbocycles. The average Bonchev–Trinajstić information content (AvgIpc) is 2.38. The zero-order valence-electron chi connectivity index (χ0n) is 11.7. The van der Waals surface area contributed by atoms with Gasteiger partial charge in [-0.2, -0.15) is 0 Å². The normalized spacial score (nSPS) is 13.8. The van der Waals surface area contributed by atoms with Gasteiger partial charge in [-0.25, -0.2) is 5.09 Å². The Kier molecular flexibility index (Phi) is 7.27. The molecule has 0 aliphatic heterocycles. The van der Waals surface area contributed by atoms with E-state index < -0.39 is 20.2 Å². The molecule has 5 nitrogen and oxygen atoms in total. The van der Waals surface area contributed by atoms with Crippen LogP contribution in [0.15, 0.2) is 28.7 Å². The van der Waals surface area contributed by atoms with Crippen molar-refractivity contribution >= 4 is 30.1 Å². The number of rotatable bonds is 7. The van der Waals surface area contributed by atoms with E-state index in [1.54, 1.807) is 31.2 Å². The lowest BCUT2D eigenvalue weighted by molar-refractivity contribution is -0.146. The molecule has 1 unspecified atom stereocenters. The topological polar surface area (TPSA) is 64.6 Å². The van der Waals surface area contributed by atoms with Crippen molar-refractivity contribution in [1.82, 2.24) is 5.09 Å². The van der Waals surface area contributed by atoms with Crippen molar-refractivity contribution in [2.75, 3.05) is 6.61 Å². The van der Waals surface area contributed by atoms with Gasteiger partial charge in [0.05, 0.1) is 6.61 Å². The average molecular weight is 364 g/mol. The maximum Gasteiger partial charge on any atom is 0.323 e. The Morgan fingerprint density at radius 3 is 2.45 bits per heavy atom. The summed E-state index contributed by atoms with van der Waals surface area (Å²) >= 11 is 3.30. The minimum absolute atomic E-state index is 0.266. The molecule has 0 radical (unpaired) electrons. The van der Waals surface area contributed by atoms with E-state index in [2.05, 4.69) is 21.0 Å². The third kappa shape index (κ3) is 6.55. The van der Waals surface area contributed by atoms with E-state index in [0.717, 1.165) is 4.47 Å². The maximum absolute atomic E-state index is 11.8. The van der Waals surface area contributed by atoms with Crippen molar-refractivity contribution in [3.8, 4) is 5.75 Å². The van der Waals surface area contributed by atoms with Crippen LogP contribution in [-0.2, 0) is 14.1 Å². The van der Waals surface area contributed by atoms with Crippen LogP contribution in [0.4, 0.5) is 0 Å². The number of carbonyl (C=O) groups is 1. The zero-order chi connectivity index (χ0) is 15.1. The molecule has 1 rings (SSSR count). The Morgan fingerprint density at radius 2 is 1.90 bits per heavy atom. The van der Waals surface area contributed by atoms with E-state index in [1.165, 1.54) is 0 Å². The van der Waals surface area contributed by atoms with Crippen LogP contribution in [0.2, 0.25) is 0 Å². The molecule has 2 atom stereocenters. The first-order valence-corrected chi connectivity index (χ1v) is 8.40. The Balaban J connectivity index is 2.41. The van der Waals surface area contributed by atoms with E-state index in [1.807, 2.05) is 13.8 Å². The number of halogens is 1. The van der Waals surface area contributed by atoms with Crippen molar-refractivity contribution in [3.05, 3.63) is 28.7 Å². The summed E-state index contributed by atoms with van der Waals surface area (Å²) in [6, 6.07) is 6.28. The molecule has 0 heterocycles. The summed E-state index contributed by atoms with van der Waals surface area (Å²) < 4.78 is 23.0. The molecule has 1 aromatic rings. The third-order valence-electron chi connectivity index (χ3n) is 2.27. The van der Waals surface area contributed by atoms with Crippen molar-refractivity contribution in [2.45, 2.75) is 26.8 Å². The lowest BCUT2D eigenvalue weighted by Gasteiger charge is -2.14. The predicted octanol–water partition coefficient (Wildman–Crippen LogP) is 3.39. The molecule has 0 spiro atoms. The summed E-state index contributed by atoms with van der Waals surface area (Å²) in [6.07, 6.45) is 0. The Hall–Kier alpha value is -0.840. The van der Waals surface area contributed by atoms with E-state index in [4.69, 9.17) is 9.26 Å². The summed E-state index contributed by atoms with van der Waals surface area (Å²) in [6.45, 7) is 5.84. The van der Waals surface area contributed by atoms with Crippen LogP contribution in [0.25, 0.3) is 0 Å². The Bertz CT molecular complexity index is 464. The molecule has 20 heavy (non-hydrogen) atoms. The lowest BCUT2D eigenvalue weighted by Crippen LogP contribution is -2.32. The Labute approximate surface area is 128 Å². The number of hydrogen-bond donors (Lipinski definition) is 1. The van der Waals surface area contributed by atoms with Crippen molar-refractivity contribution in [1.29, 1.82) is 0 Å². The second kappa shape index (κ2) is 8.45. The fourth-order valence-electron chi connectivity index (χ4n) is 1.25. The van der Waals surface area contributed by atoms with Crippen molar-refractivity contribution < 1.29 is 18.6 Å². The lowest BCUT2D eigenvalue weighted by atomic mass is 10.2. The number of esters is 1. The minimum atomic E-state index is -2.55. The van der Waals surface area contributed by atoms with Gasteiger partial charge in [-0.05, 0) is 37.1 Å². The number of nitrogens with one attached hydrogen (secondary N) is 1. The summed E-state index contributed by atoms with van der Waals surface area (Å²) in [7, 11) is -2.55. The standard InChI is InChI=1S/C13H19BrNO4P/c1-9(2)8-18-13(16)10(3)15-20(17)19-12-6-4-11(14)5-7-12/h4-7,9-10,20H,8H2,1-3H3,(H,15,17)/t10-/m0/s1. The van der Waals surface area contributed by atoms with E-state index in [9.17, 15) is 9.36 Å². The fourth-order valence-corrected chi connectivity index (χ4v) is 2.39. The van der Waals surface area contributed by atoms with E-state index in [-0.39, 0.29) is 5.92 Å². The van der Waals surface area contributed by atoms with Crippen LogP contribution in [0.5, 0.6) is 5.75 Å². The van der Waals surface area contributed by atoms with Gasteiger partial charge >= 0.3 is 14.1 Å². The van der Waals surface area contributed by atoms with Gasteiger partial charge in [0.1, 0.15) is 11.8 Å². The molecular weight excluding hydrogens is 345 g/mol. The van der Waals surface area contributed by atoms with Crippen molar-refractivity contribution in [3.63, 3.8) is 0 Å². The maximum atomic E-state index is 11.8. The number of carbonyl (C=O) groups excluding carboxylic acids is 1. The van der Waals surface area contributed by atoms with Gasteiger partial charge in [0.15, 0.2) is 0 Å². The summed E-state index contributed by atoms with van der Waals surface area (Å²) in [5, 5.41) is 2.60. The second-order valence-corrected chi connectivity index (χ2v) is 6.72. The Morgan fingerprint density at radius 1 is 1.30 bits per heavy atom. The first kappa shape index (κ1) is 17.2. The zero-order valence-corrected chi connectivity index (χ0v) is 14.3. The quantitative estimate of drug-likeness (QED) is 0.594. The molecule has 0 amide bonds. The third-order valence-corrected chi connectivity index (χ3v) is 3.89. The van der Waals surface area contributed by atoms with Gasteiger partial charge in [0.2, 0.25) is 0 Å². The molecule has 112 valence electrons. The summed E-state index contributed by atoms with van der Waals surface area (Å²) in [4.78, 5) is 11.6. The number of hydrogen-bond acceptors (Lipinski definition) is 4. The van der Waals surface area contributed by atoms with Crippen LogP contribution in [0.3, 0.4) is 0 Å². The molecule has 7 heteroatoms. The monoisotopic (exact) mass is 363 g/mol. The fraction of sp³-hybridized carbons (Fsp3) is 0.462. The molecule has 0 aromatic heterocycles. The molecule has 1 aromatic carbocycles. The number of ether oxygens (including phenoxy) is 1. The molecule has 0 aliphatic carbocycles. The highest BCUT2D eigenvalue weighted by molar-refractivity contribution is 9.10. The molecule has 0 saturated heterocycles. The molecule has 0 bridgehead atoms. The first-order chi connectivity index (χ1) is 9.38. The highest BCUT2D eigenvalue weighted by Gasteiger charge is 2.17. The van der Waals surface area contributed by atoms with Crippen molar-refractivity contribution in [2.24, 2.45) is 5.92 Å². The molecule has 1 N–H and O–H groups in total. The van der Waals surface area contributed by atoms with Gasteiger partial charge in [-0.15, -0.1) is 0 Å². The smallest absolute Gasteiger partial charge is 0.323 e. The highest BCUT2D eigenvalue weighted by atomic mass is 79.9. The van der Waals surface area contributed by atoms with Gasteiger partial charge in [-0.3, -0.25) is 9.36 Å². The predicted molar refractivity (Wildman–Crippen MR) is 82.2 cm³/mol. The largest absolute Gasteiger partial charge is 0.464 e. The summed E-state index contributed by atoms with van der Waals surface area (Å²) in [5.74, 6) is 0.311. The van der Waals surface area contributed by atoms with Gasteiger partial charge < -0.3 is 9.26 Å². The van der Waals surface area contributed by atoms with Crippen LogP contribution >= 0.6 is 24.1 Å². The van der Waals surface area contributed by atoms with Gasteiger partial charge in [0.25, 0.3) is 0 Å². The van der Waals surface area contributed by atoms with Crippen LogP contribution in [0, 0.1) is 5.92 Å². The van der Waals surface area contributed by atoms with Gasteiger partial charge in [0, 0.05) is 4.47 Å². The van der Waals surface area contributed by atoms with E-state index >= 15 is 0 Å². The van der Waals surface area contributed by atoms with Crippen LogP contribution < -0.4 is 9.61 Å². The van der Waals surface area contributed by atoms with Crippen LogP contribution in [-0.4, -0.2) is 18.6 Å². The number of benzene rings is 1. The molecular formula is C13H19BrNO4P. The molecule has 0 fully saturated rings. The molecule has 0 aliphatic rings. The minimum Gasteiger partial charge on any atom is -0.464 e. The SMILES string of the molecule is CC(C)COC(=O)[C@H](C)N[PH](=O)Oc1ccc(Br)cc1.